The van der Waals surface area contributed by atoms with E-state index in [9.17, 15) is 5.26 Å². The monoisotopic (exact) mass is 577 g/mol. The van der Waals surface area contributed by atoms with E-state index in [4.69, 9.17) is 6.57 Å². The summed E-state index contributed by atoms with van der Waals surface area (Å²) in [6.07, 6.45) is 3.75. The molecule has 5 nitrogen and oxygen atoms in total. The Morgan fingerprint density at radius 3 is 2.13 bits per heavy atom. The molecule has 0 atom stereocenters. The van der Waals surface area contributed by atoms with Crippen LogP contribution in [0.3, 0.4) is 0 Å². The Hall–Kier alpha value is -6.17. The van der Waals surface area contributed by atoms with E-state index in [1.807, 2.05) is 18.5 Å². The van der Waals surface area contributed by atoms with Crippen molar-refractivity contribution in [3.05, 3.63) is 156 Å². The average Bonchev–Trinajstić information content (AvgIpc) is 3.42. The van der Waals surface area contributed by atoms with Crippen molar-refractivity contribution in [2.24, 2.45) is 0 Å². The Balaban J connectivity index is 1.49. The van der Waals surface area contributed by atoms with Gasteiger partial charge in [-0.05, 0) is 70.8 Å². The highest BCUT2D eigenvalue weighted by atomic mass is 15.2. The third-order valence-corrected chi connectivity index (χ3v) is 9.09. The minimum Gasteiger partial charge on any atom is -0.310 e. The van der Waals surface area contributed by atoms with E-state index in [2.05, 4.69) is 136 Å². The van der Waals surface area contributed by atoms with E-state index in [0.29, 0.717) is 11.3 Å². The molecule has 45 heavy (non-hydrogen) atoms. The van der Waals surface area contributed by atoms with Gasteiger partial charge in [0, 0.05) is 40.0 Å². The van der Waals surface area contributed by atoms with Crippen LogP contribution in [0.25, 0.3) is 43.5 Å². The highest BCUT2D eigenvalue weighted by molar-refractivity contribution is 6.09. The molecular weight excluding hydrogens is 550 g/mol. The maximum Gasteiger partial charge on any atom is 0.187 e. The Morgan fingerprint density at radius 2 is 1.40 bits per heavy atom. The van der Waals surface area contributed by atoms with Crippen LogP contribution in [-0.4, -0.2) is 9.55 Å². The first-order valence-corrected chi connectivity index (χ1v) is 14.9. The molecule has 0 spiro atoms. The number of pyridine rings is 1. The van der Waals surface area contributed by atoms with Gasteiger partial charge in [0.15, 0.2) is 5.69 Å². The van der Waals surface area contributed by atoms with Gasteiger partial charge in [0.05, 0.1) is 40.6 Å². The molecule has 0 radical (unpaired) electrons. The van der Waals surface area contributed by atoms with E-state index in [1.165, 1.54) is 11.1 Å². The van der Waals surface area contributed by atoms with Crippen LogP contribution < -0.4 is 4.90 Å². The number of para-hydroxylation sites is 3. The Morgan fingerprint density at radius 1 is 0.733 bits per heavy atom. The molecule has 2 aromatic heterocycles. The molecule has 0 N–H and O–H groups in total. The van der Waals surface area contributed by atoms with Crippen molar-refractivity contribution in [3.8, 4) is 22.9 Å². The van der Waals surface area contributed by atoms with Crippen LogP contribution in [0.2, 0.25) is 0 Å². The number of hydrogen-bond donors (Lipinski definition) is 0. The minimum absolute atomic E-state index is 0.193. The number of benzene rings is 5. The van der Waals surface area contributed by atoms with Crippen LogP contribution in [0.4, 0.5) is 22.7 Å². The topological polar surface area (TPSA) is 49.2 Å². The summed E-state index contributed by atoms with van der Waals surface area (Å²) in [5, 5.41) is 12.4. The number of rotatable bonds is 3. The SMILES string of the molecule is [C-]#[N+]c1ccc(C#N)c(-c2cc(N3c4ccccc4C(C)(C)c4ccccc43)cc(-n3c4ccccc4c4cnccc43)c2)c1. The second kappa shape index (κ2) is 9.95. The van der Waals surface area contributed by atoms with Gasteiger partial charge in [-0.3, -0.25) is 4.98 Å². The number of fused-ring (bicyclic) bond motifs is 5. The normalized spacial score (nSPS) is 13.2. The van der Waals surface area contributed by atoms with Crippen LogP contribution in [-0.2, 0) is 5.41 Å². The lowest BCUT2D eigenvalue weighted by atomic mass is 9.73. The van der Waals surface area contributed by atoms with Crippen molar-refractivity contribution in [1.82, 2.24) is 9.55 Å². The van der Waals surface area contributed by atoms with Crippen molar-refractivity contribution in [2.75, 3.05) is 4.90 Å². The summed E-state index contributed by atoms with van der Waals surface area (Å²) in [6.45, 7) is 12.3. The maximum atomic E-state index is 10.2. The zero-order valence-corrected chi connectivity index (χ0v) is 24.9. The zero-order chi connectivity index (χ0) is 30.7. The largest absolute Gasteiger partial charge is 0.310 e. The Bertz CT molecular complexity index is 2300. The standard InChI is InChI=1S/C40H27N5/c1-40(2)34-11-5-8-14-38(34)45(39-15-9-6-12-35(39)40)30-21-27(32-22-28(42-3)17-16-26(32)24-41)20-29(23-30)44-36-13-7-4-10-31(36)33-25-43-19-18-37(33)44/h4-23,25H,1-2H3. The molecule has 1 aliphatic heterocycles. The lowest BCUT2D eigenvalue weighted by Crippen LogP contribution is -2.30. The molecule has 0 bridgehead atoms. The van der Waals surface area contributed by atoms with Gasteiger partial charge < -0.3 is 9.47 Å². The van der Waals surface area contributed by atoms with E-state index in [-0.39, 0.29) is 5.41 Å². The first-order chi connectivity index (χ1) is 22.0. The first-order valence-electron chi connectivity index (χ1n) is 14.9. The van der Waals surface area contributed by atoms with E-state index >= 15 is 0 Å². The van der Waals surface area contributed by atoms with Crippen LogP contribution in [0.5, 0.6) is 0 Å². The smallest absolute Gasteiger partial charge is 0.187 e. The molecule has 8 rings (SSSR count). The third kappa shape index (κ3) is 3.95. The number of nitrogens with zero attached hydrogens (tertiary/aromatic N) is 5. The number of hydrogen-bond acceptors (Lipinski definition) is 3. The molecule has 3 heterocycles. The molecule has 0 saturated heterocycles. The fourth-order valence-electron chi connectivity index (χ4n) is 6.99. The van der Waals surface area contributed by atoms with Crippen molar-refractivity contribution >= 4 is 44.6 Å². The van der Waals surface area contributed by atoms with Gasteiger partial charge in [0.2, 0.25) is 0 Å². The number of nitriles is 1. The van der Waals surface area contributed by atoms with Gasteiger partial charge in [-0.1, -0.05) is 80.6 Å². The van der Waals surface area contributed by atoms with Gasteiger partial charge in [-0.25, -0.2) is 4.85 Å². The lowest BCUT2D eigenvalue weighted by Gasteiger charge is -2.42. The fourth-order valence-corrected chi connectivity index (χ4v) is 6.99. The summed E-state index contributed by atoms with van der Waals surface area (Å²) in [5.41, 5.74) is 11.2. The summed E-state index contributed by atoms with van der Waals surface area (Å²) in [7, 11) is 0. The Kier molecular flexibility index (Phi) is 5.85. The maximum absolute atomic E-state index is 10.2. The van der Waals surface area contributed by atoms with E-state index in [0.717, 1.165) is 55.7 Å². The molecule has 212 valence electrons. The van der Waals surface area contributed by atoms with Gasteiger partial charge in [0.1, 0.15) is 0 Å². The summed E-state index contributed by atoms with van der Waals surface area (Å²) < 4.78 is 2.27. The molecule has 0 saturated carbocycles. The summed E-state index contributed by atoms with van der Waals surface area (Å²) in [4.78, 5) is 10.5. The van der Waals surface area contributed by atoms with Crippen molar-refractivity contribution < 1.29 is 0 Å². The van der Waals surface area contributed by atoms with Gasteiger partial charge in [0.25, 0.3) is 0 Å². The van der Waals surface area contributed by atoms with Crippen molar-refractivity contribution in [1.29, 1.82) is 5.26 Å². The lowest BCUT2D eigenvalue weighted by molar-refractivity contribution is 0.632. The van der Waals surface area contributed by atoms with Crippen molar-refractivity contribution in [2.45, 2.75) is 19.3 Å². The predicted molar refractivity (Wildman–Crippen MR) is 182 cm³/mol. The molecular formula is C40H27N5. The molecule has 1 aliphatic rings. The molecule has 5 heteroatoms. The first kappa shape index (κ1) is 26.5. The average molecular weight is 578 g/mol. The van der Waals surface area contributed by atoms with Crippen LogP contribution in [0.1, 0.15) is 30.5 Å². The summed E-state index contributed by atoms with van der Waals surface area (Å²) in [6, 6.07) is 41.8. The van der Waals surface area contributed by atoms with Crippen molar-refractivity contribution in [3.63, 3.8) is 0 Å². The summed E-state index contributed by atoms with van der Waals surface area (Å²) in [5.74, 6) is 0. The quantitative estimate of drug-likeness (QED) is 0.196. The highest BCUT2D eigenvalue weighted by Gasteiger charge is 2.36. The van der Waals surface area contributed by atoms with E-state index in [1.54, 1.807) is 12.1 Å². The zero-order valence-electron chi connectivity index (χ0n) is 24.9. The molecule has 0 fully saturated rings. The van der Waals surface area contributed by atoms with Crippen LogP contribution in [0, 0.1) is 17.9 Å². The van der Waals surface area contributed by atoms with Gasteiger partial charge in [-0.15, -0.1) is 0 Å². The highest BCUT2D eigenvalue weighted by Crippen LogP contribution is 2.52. The van der Waals surface area contributed by atoms with E-state index < -0.39 is 0 Å². The third-order valence-electron chi connectivity index (χ3n) is 9.09. The second-order valence-electron chi connectivity index (χ2n) is 11.9. The molecule has 0 amide bonds. The molecule has 7 aromatic rings. The van der Waals surface area contributed by atoms with Crippen LogP contribution >= 0.6 is 0 Å². The second-order valence-corrected chi connectivity index (χ2v) is 11.9. The molecule has 5 aromatic carbocycles. The minimum atomic E-state index is -0.193. The Labute approximate surface area is 261 Å². The van der Waals surface area contributed by atoms with Crippen LogP contribution in [0.15, 0.2) is 128 Å². The molecule has 0 unspecified atom stereocenters. The summed E-state index contributed by atoms with van der Waals surface area (Å²) >= 11 is 0. The van der Waals surface area contributed by atoms with Gasteiger partial charge in [-0.2, -0.15) is 5.26 Å². The predicted octanol–water partition coefficient (Wildman–Crippen LogP) is 10.4. The number of aromatic nitrogens is 2. The van der Waals surface area contributed by atoms with Gasteiger partial charge >= 0.3 is 0 Å². The molecule has 0 aliphatic carbocycles. The number of anilines is 3. The fraction of sp³-hybridized carbons (Fsp3) is 0.0750.